The van der Waals surface area contributed by atoms with Crippen molar-refractivity contribution in [1.29, 1.82) is 0 Å². The molecule has 1 aromatic rings. The minimum atomic E-state index is -4.23. The van der Waals surface area contributed by atoms with E-state index in [4.69, 9.17) is 4.55 Å². The van der Waals surface area contributed by atoms with Gasteiger partial charge < -0.3 is 0 Å². The van der Waals surface area contributed by atoms with E-state index in [9.17, 15) is 8.42 Å². The standard InChI is InChI=1S/C12H26O4S.C3H3N3S3.4Na.4H/c1-2-3-4-5-6-7-8-9-10-11-12-16-17(13,14)15;7-1-4-2(8)6-3(9)5-1;;;;;;;;/h2-12H2,1H3,(H,13,14,15);(H3,4,5,6,7,8,9);;;;;;;;. The third-order valence-corrected chi connectivity index (χ3v) is 4.39. The molecule has 0 saturated heterocycles. The third-order valence-electron chi connectivity index (χ3n) is 3.33. The van der Waals surface area contributed by atoms with E-state index < -0.39 is 10.4 Å². The van der Waals surface area contributed by atoms with Gasteiger partial charge in [-0.3, -0.25) is 4.55 Å². The Morgan fingerprint density at radius 2 is 1.00 bits per heavy atom. The predicted octanol–water partition coefficient (Wildman–Crippen LogP) is 1.87. The molecule has 7 nitrogen and oxygen atoms in total. The van der Waals surface area contributed by atoms with Crippen LogP contribution in [-0.2, 0) is 14.6 Å². The van der Waals surface area contributed by atoms with Crippen LogP contribution in [0.4, 0.5) is 0 Å². The molecule has 0 spiro atoms. The molecule has 1 N–H and O–H groups in total. The Bertz CT molecular complexity index is 555. The average Bonchev–Trinajstić information content (AvgIpc) is 2.51. The molecule has 0 fully saturated rings. The summed E-state index contributed by atoms with van der Waals surface area (Å²) >= 11 is 11.6. The van der Waals surface area contributed by atoms with Crippen molar-refractivity contribution in [2.24, 2.45) is 0 Å². The number of aromatic nitrogens is 3. The first-order valence-electron chi connectivity index (χ1n) is 8.69. The summed E-state index contributed by atoms with van der Waals surface area (Å²) in [5.41, 5.74) is 0. The molecule has 0 atom stereocenters. The Kier molecular flexibility index (Phi) is 42.7. The van der Waals surface area contributed by atoms with E-state index in [0.29, 0.717) is 21.9 Å². The maximum atomic E-state index is 10.2. The molecule has 30 heavy (non-hydrogen) atoms. The van der Waals surface area contributed by atoms with E-state index in [1.165, 1.54) is 44.9 Å². The molecule has 1 aromatic heterocycles. The number of rotatable bonds is 12. The first-order chi connectivity index (χ1) is 12.2. The van der Waals surface area contributed by atoms with Gasteiger partial charge in [-0.25, -0.2) is 4.18 Å². The van der Waals surface area contributed by atoms with Gasteiger partial charge in [-0.2, -0.15) is 23.4 Å². The molecule has 0 bridgehead atoms. The molecular weight excluding hydrogens is 506 g/mol. The fraction of sp³-hybridized carbons (Fsp3) is 0.800. The van der Waals surface area contributed by atoms with Crippen molar-refractivity contribution < 1.29 is 17.2 Å². The van der Waals surface area contributed by atoms with Crippen molar-refractivity contribution in [3.63, 3.8) is 0 Å². The summed E-state index contributed by atoms with van der Waals surface area (Å²) in [5, 5.41) is 1.00. The molecule has 1 heterocycles. The zero-order valence-corrected chi connectivity index (χ0v) is 18.5. The molecule has 0 amide bonds. The second-order valence-corrected chi connectivity index (χ2v) is 7.96. The van der Waals surface area contributed by atoms with Gasteiger partial charge in [0.1, 0.15) is 0 Å². The van der Waals surface area contributed by atoms with Gasteiger partial charge in [0.2, 0.25) is 0 Å². The van der Waals surface area contributed by atoms with Crippen LogP contribution in [0.5, 0.6) is 0 Å². The van der Waals surface area contributed by atoms with E-state index in [1.807, 2.05) is 0 Å². The van der Waals surface area contributed by atoms with Crippen LogP contribution >= 0.6 is 37.9 Å². The van der Waals surface area contributed by atoms with Crippen molar-refractivity contribution in [2.45, 2.75) is 86.6 Å². The third kappa shape index (κ3) is 34.1. The van der Waals surface area contributed by atoms with Crippen LogP contribution in [-0.4, -0.2) is 153 Å². The van der Waals surface area contributed by atoms with Crippen LogP contribution in [0.1, 0.15) is 71.1 Å². The fourth-order valence-corrected chi connectivity index (χ4v) is 3.23. The van der Waals surface area contributed by atoms with E-state index in [-0.39, 0.29) is 125 Å². The zero-order chi connectivity index (χ0) is 19.8. The molecule has 0 saturated carbocycles. The molecule has 0 aliphatic rings. The number of thiol groups is 3. The van der Waals surface area contributed by atoms with Gasteiger partial charge in [0, 0.05) is 0 Å². The van der Waals surface area contributed by atoms with E-state index in [0.717, 1.165) is 12.8 Å². The van der Waals surface area contributed by atoms with Crippen LogP contribution in [0.2, 0.25) is 0 Å². The number of unbranched alkanes of at least 4 members (excludes halogenated alkanes) is 9. The first kappa shape index (κ1) is 44.0. The van der Waals surface area contributed by atoms with Gasteiger partial charge in [0.25, 0.3) is 0 Å². The van der Waals surface area contributed by atoms with Crippen molar-refractivity contribution in [2.75, 3.05) is 6.61 Å². The van der Waals surface area contributed by atoms with E-state index in [1.54, 1.807) is 0 Å². The molecule has 1 rings (SSSR count). The molecular formula is C15H33N3Na4O4S4. The zero-order valence-electron chi connectivity index (χ0n) is 15.0. The Morgan fingerprint density at radius 1 is 0.700 bits per heavy atom. The summed E-state index contributed by atoms with van der Waals surface area (Å²) in [5.74, 6) is 0. The first-order valence-corrected chi connectivity index (χ1v) is 11.4. The van der Waals surface area contributed by atoms with Crippen LogP contribution in [0.25, 0.3) is 0 Å². The molecule has 0 radical (unpaired) electrons. The molecule has 15 heteroatoms. The summed E-state index contributed by atoms with van der Waals surface area (Å²) in [4.78, 5) is 11.1. The van der Waals surface area contributed by atoms with Gasteiger partial charge >= 0.3 is 129 Å². The van der Waals surface area contributed by atoms with Crippen molar-refractivity contribution in [3.8, 4) is 0 Å². The maximum absolute atomic E-state index is 10.2. The van der Waals surface area contributed by atoms with Crippen molar-refractivity contribution >= 4 is 167 Å². The topological polar surface area (TPSA) is 102 Å². The normalized spacial score (nSPS) is 9.63. The van der Waals surface area contributed by atoms with Gasteiger partial charge in [-0.15, -0.1) is 37.9 Å². The van der Waals surface area contributed by atoms with Gasteiger partial charge in [-0.05, 0) is 6.42 Å². The Hall–Kier alpha value is 3.93. The molecule has 0 aliphatic heterocycles. The fourth-order valence-electron chi connectivity index (χ4n) is 2.10. The average molecular weight is 540 g/mol. The van der Waals surface area contributed by atoms with Gasteiger partial charge in [-0.1, -0.05) is 64.7 Å². The van der Waals surface area contributed by atoms with Gasteiger partial charge in [0.05, 0.1) is 6.61 Å². The second-order valence-electron chi connectivity index (χ2n) is 5.67. The van der Waals surface area contributed by atoms with E-state index >= 15 is 0 Å². The number of nitrogens with zero attached hydrogens (tertiary/aromatic N) is 3. The molecule has 0 unspecified atom stereocenters. The second kappa shape index (κ2) is 29.2. The SMILES string of the molecule is CCCCCCCCCCCCOS(=O)(=O)O.Sc1nc(S)nc(S)n1.[NaH].[NaH].[NaH].[NaH]. The van der Waals surface area contributed by atoms with Crippen LogP contribution in [0.15, 0.2) is 15.5 Å². The minimum absolute atomic E-state index is 0. The van der Waals surface area contributed by atoms with E-state index in [2.05, 4.69) is 63.9 Å². The summed E-state index contributed by atoms with van der Waals surface area (Å²) in [7, 11) is -4.23. The quantitative estimate of drug-likeness (QED) is 0.139. The summed E-state index contributed by atoms with van der Waals surface area (Å²) in [6.45, 7) is 2.31. The predicted molar refractivity (Wildman–Crippen MR) is 140 cm³/mol. The van der Waals surface area contributed by atoms with Crippen molar-refractivity contribution in [3.05, 3.63) is 0 Å². The van der Waals surface area contributed by atoms with Crippen molar-refractivity contribution in [1.82, 2.24) is 15.0 Å². The monoisotopic (exact) mass is 539 g/mol. The summed E-state index contributed by atoms with van der Waals surface area (Å²) in [6.07, 6.45) is 11.9. The van der Waals surface area contributed by atoms with Crippen LogP contribution < -0.4 is 0 Å². The van der Waals surface area contributed by atoms with Crippen LogP contribution in [0.3, 0.4) is 0 Å². The Morgan fingerprint density at radius 3 is 1.30 bits per heavy atom. The molecule has 0 aliphatic carbocycles. The molecule has 0 aromatic carbocycles. The Labute approximate surface area is 287 Å². The van der Waals surface area contributed by atoms with Gasteiger partial charge in [0.15, 0.2) is 15.5 Å². The Balaban J connectivity index is -0.000000138. The number of hydrogen-bond acceptors (Lipinski definition) is 9. The number of hydrogen-bond donors (Lipinski definition) is 4. The summed E-state index contributed by atoms with van der Waals surface area (Å²) in [6, 6.07) is 0. The van der Waals surface area contributed by atoms with Crippen LogP contribution in [0, 0.1) is 0 Å². The summed E-state index contributed by atoms with van der Waals surface area (Å²) < 4.78 is 33.0. The molecule has 160 valence electrons.